The van der Waals surface area contributed by atoms with Gasteiger partial charge in [0.2, 0.25) is 0 Å². The summed E-state index contributed by atoms with van der Waals surface area (Å²) >= 11 is 0. The van der Waals surface area contributed by atoms with Crippen LogP contribution in [0.3, 0.4) is 0 Å². The largest absolute Gasteiger partial charge is 0.508 e. The number of nitrogens with one attached hydrogen (secondary N) is 1. The zero-order valence-corrected chi connectivity index (χ0v) is 16.3. The molecule has 0 bridgehead atoms. The predicted octanol–water partition coefficient (Wildman–Crippen LogP) is 3.16. The number of benzene rings is 1. The number of nitrogens with zero attached hydrogens (tertiary/aromatic N) is 3. The van der Waals surface area contributed by atoms with E-state index in [0.717, 1.165) is 27.8 Å². The van der Waals surface area contributed by atoms with E-state index < -0.39 is 0 Å². The molecule has 148 valence electrons. The molecule has 1 aliphatic rings. The summed E-state index contributed by atoms with van der Waals surface area (Å²) in [5.74, 6) is 0.299. The number of phenols is 1. The van der Waals surface area contributed by atoms with Gasteiger partial charge in [0, 0.05) is 42.0 Å². The molecule has 1 unspecified atom stereocenters. The van der Waals surface area contributed by atoms with Crippen LogP contribution in [0.25, 0.3) is 22.2 Å². The highest BCUT2D eigenvalue weighted by molar-refractivity contribution is 5.88. The highest BCUT2D eigenvalue weighted by atomic mass is 16.5. The van der Waals surface area contributed by atoms with Crippen molar-refractivity contribution in [3.63, 3.8) is 0 Å². The number of aromatic nitrogens is 4. The van der Waals surface area contributed by atoms with Gasteiger partial charge in [0.15, 0.2) is 0 Å². The maximum atomic E-state index is 12.8. The molecule has 1 fully saturated rings. The van der Waals surface area contributed by atoms with Gasteiger partial charge >= 0.3 is 0 Å². The molecule has 0 radical (unpaired) electrons. The van der Waals surface area contributed by atoms with Gasteiger partial charge < -0.3 is 19.4 Å². The van der Waals surface area contributed by atoms with Crippen LogP contribution in [0.5, 0.6) is 5.75 Å². The predicted molar refractivity (Wildman–Crippen MR) is 110 cm³/mol. The lowest BCUT2D eigenvalue weighted by Crippen LogP contribution is -2.30. The molecule has 3 aromatic heterocycles. The van der Waals surface area contributed by atoms with Crippen molar-refractivity contribution in [2.24, 2.45) is 7.05 Å². The molecule has 0 amide bonds. The highest BCUT2D eigenvalue weighted by Crippen LogP contribution is 2.32. The van der Waals surface area contributed by atoms with Crippen LogP contribution in [0, 0.1) is 0 Å². The lowest BCUT2D eigenvalue weighted by Gasteiger charge is -2.25. The van der Waals surface area contributed by atoms with Crippen molar-refractivity contribution in [1.29, 1.82) is 0 Å². The minimum Gasteiger partial charge on any atom is -0.508 e. The molecular weight excluding hydrogens is 368 g/mol. The molecule has 1 saturated heterocycles. The Labute approximate surface area is 167 Å². The fraction of sp³-hybridized carbons (Fsp3) is 0.273. The number of hydrogen-bond acceptors (Lipinski definition) is 4. The minimum atomic E-state index is -0.0623. The number of phenolic OH excluding ortho intramolecular Hbond substituents is 1. The summed E-state index contributed by atoms with van der Waals surface area (Å²) in [7, 11) is 1.77. The number of H-pyrrole nitrogens is 1. The monoisotopic (exact) mass is 390 g/mol. The van der Waals surface area contributed by atoms with Gasteiger partial charge in [-0.25, -0.2) is 0 Å². The van der Waals surface area contributed by atoms with Gasteiger partial charge in [0.25, 0.3) is 5.56 Å². The Balaban J connectivity index is 1.61. The van der Waals surface area contributed by atoms with Crippen molar-refractivity contribution < 1.29 is 9.84 Å². The summed E-state index contributed by atoms with van der Waals surface area (Å²) in [6, 6.07) is 9.51. The van der Waals surface area contributed by atoms with Crippen LogP contribution < -0.4 is 5.56 Å². The van der Waals surface area contributed by atoms with Crippen molar-refractivity contribution in [2.75, 3.05) is 13.2 Å². The van der Waals surface area contributed by atoms with Crippen LogP contribution in [0.2, 0.25) is 0 Å². The van der Waals surface area contributed by atoms with Crippen molar-refractivity contribution in [3.05, 3.63) is 70.4 Å². The third-order valence-corrected chi connectivity index (χ3v) is 5.76. The zero-order chi connectivity index (χ0) is 20.1. The summed E-state index contributed by atoms with van der Waals surface area (Å²) in [5, 5.41) is 14.9. The van der Waals surface area contributed by atoms with E-state index in [1.165, 1.54) is 0 Å². The van der Waals surface area contributed by atoms with E-state index in [9.17, 15) is 9.90 Å². The van der Waals surface area contributed by atoms with Crippen LogP contribution in [-0.2, 0) is 11.8 Å². The quantitative estimate of drug-likeness (QED) is 0.561. The molecule has 4 aromatic rings. The summed E-state index contributed by atoms with van der Waals surface area (Å²) in [4.78, 5) is 16.1. The first-order valence-electron chi connectivity index (χ1n) is 9.64. The van der Waals surface area contributed by atoms with E-state index in [-0.39, 0.29) is 23.3 Å². The lowest BCUT2D eigenvalue weighted by atomic mass is 9.92. The SMILES string of the molecule is CC(c1ccc(O)cc1)c1cn(C)c(=O)c2[nH]c(-c3cnn(C4COC4)c3)cc12. The van der Waals surface area contributed by atoms with E-state index in [2.05, 4.69) is 17.0 Å². The van der Waals surface area contributed by atoms with Gasteiger partial charge in [-0.2, -0.15) is 5.10 Å². The third-order valence-electron chi connectivity index (χ3n) is 5.76. The smallest absolute Gasteiger partial charge is 0.274 e. The average Bonchev–Trinajstić information content (AvgIpc) is 3.31. The van der Waals surface area contributed by atoms with Crippen molar-refractivity contribution in [1.82, 2.24) is 19.3 Å². The molecule has 29 heavy (non-hydrogen) atoms. The minimum absolute atomic E-state index is 0.0587. The molecule has 0 saturated carbocycles. The Hall–Kier alpha value is -3.32. The molecule has 1 atom stereocenters. The third kappa shape index (κ3) is 2.94. The van der Waals surface area contributed by atoms with E-state index in [4.69, 9.17) is 4.74 Å². The number of pyridine rings is 1. The summed E-state index contributed by atoms with van der Waals surface area (Å²) in [6.07, 6.45) is 5.71. The number of aromatic hydroxyl groups is 1. The number of aryl methyl sites for hydroxylation is 1. The summed E-state index contributed by atoms with van der Waals surface area (Å²) < 4.78 is 8.78. The molecular formula is C22H22N4O3. The summed E-state index contributed by atoms with van der Waals surface area (Å²) in [5.41, 5.74) is 4.46. The van der Waals surface area contributed by atoms with Crippen LogP contribution in [-0.4, -0.2) is 37.7 Å². The van der Waals surface area contributed by atoms with Crippen LogP contribution in [0.1, 0.15) is 30.0 Å². The first-order valence-corrected chi connectivity index (χ1v) is 9.64. The first kappa shape index (κ1) is 17.8. The Morgan fingerprint density at radius 3 is 2.69 bits per heavy atom. The Kier molecular flexibility index (Phi) is 4.06. The van der Waals surface area contributed by atoms with Crippen LogP contribution in [0.15, 0.2) is 53.7 Å². The molecule has 0 spiro atoms. The molecule has 2 N–H and O–H groups in total. The van der Waals surface area contributed by atoms with Gasteiger partial charge in [-0.1, -0.05) is 19.1 Å². The number of aromatic amines is 1. The number of ether oxygens (including phenoxy) is 1. The highest BCUT2D eigenvalue weighted by Gasteiger charge is 2.22. The Morgan fingerprint density at radius 1 is 1.24 bits per heavy atom. The number of rotatable bonds is 4. The van der Waals surface area contributed by atoms with Crippen LogP contribution >= 0.6 is 0 Å². The second-order valence-corrected chi connectivity index (χ2v) is 7.69. The molecule has 1 aromatic carbocycles. The lowest BCUT2D eigenvalue weighted by molar-refractivity contribution is -0.0286. The number of hydrogen-bond donors (Lipinski definition) is 2. The standard InChI is InChI=1S/C22H22N4O3/c1-13(14-3-5-17(27)6-4-14)19-10-25(2)22(28)21-18(19)7-20(24-21)15-8-23-26(9-15)16-11-29-12-16/h3-10,13,16,24,27H,11-12H2,1-2H3. The second kappa shape index (κ2) is 6.63. The van der Waals surface area contributed by atoms with E-state index >= 15 is 0 Å². The van der Waals surface area contributed by atoms with Gasteiger partial charge in [0.05, 0.1) is 25.5 Å². The Morgan fingerprint density at radius 2 is 2.00 bits per heavy atom. The maximum Gasteiger partial charge on any atom is 0.274 e. The molecule has 7 heteroatoms. The fourth-order valence-corrected chi connectivity index (χ4v) is 3.86. The molecule has 4 heterocycles. The van der Waals surface area contributed by atoms with Crippen molar-refractivity contribution >= 4 is 10.9 Å². The van der Waals surface area contributed by atoms with E-state index in [1.807, 2.05) is 41.5 Å². The molecule has 1 aliphatic heterocycles. The van der Waals surface area contributed by atoms with Crippen LogP contribution in [0.4, 0.5) is 0 Å². The van der Waals surface area contributed by atoms with Crippen molar-refractivity contribution in [2.45, 2.75) is 18.9 Å². The van der Waals surface area contributed by atoms with Gasteiger partial charge in [-0.05, 0) is 29.3 Å². The summed E-state index contributed by atoms with van der Waals surface area (Å²) in [6.45, 7) is 3.47. The van der Waals surface area contributed by atoms with E-state index in [1.54, 1.807) is 23.7 Å². The molecule has 7 nitrogen and oxygen atoms in total. The maximum absolute atomic E-state index is 12.8. The van der Waals surface area contributed by atoms with Gasteiger partial charge in [-0.15, -0.1) is 0 Å². The zero-order valence-electron chi connectivity index (χ0n) is 16.3. The van der Waals surface area contributed by atoms with Crippen molar-refractivity contribution in [3.8, 4) is 17.0 Å². The Bertz CT molecular complexity index is 1250. The topological polar surface area (TPSA) is 85.1 Å². The molecule has 0 aliphatic carbocycles. The molecule has 5 rings (SSSR count). The van der Waals surface area contributed by atoms with Gasteiger partial charge in [-0.3, -0.25) is 9.48 Å². The van der Waals surface area contributed by atoms with E-state index in [0.29, 0.717) is 18.7 Å². The van der Waals surface area contributed by atoms with Gasteiger partial charge in [0.1, 0.15) is 11.3 Å². The normalized spacial score (nSPS) is 15.5. The first-order chi connectivity index (χ1) is 14.0. The number of fused-ring (bicyclic) bond motifs is 1. The second-order valence-electron chi connectivity index (χ2n) is 7.69. The fourth-order valence-electron chi connectivity index (χ4n) is 3.86. The average molecular weight is 390 g/mol.